The molecule has 152 valence electrons. The van der Waals surface area contributed by atoms with E-state index in [-0.39, 0.29) is 5.91 Å². The lowest BCUT2D eigenvalue weighted by Crippen LogP contribution is -2.22. The van der Waals surface area contributed by atoms with Gasteiger partial charge in [-0.2, -0.15) is 10.1 Å². The lowest BCUT2D eigenvalue weighted by molar-refractivity contribution is -0.118. The zero-order valence-corrected chi connectivity index (χ0v) is 17.5. The summed E-state index contributed by atoms with van der Waals surface area (Å²) in [6.07, 6.45) is 2.87. The summed E-state index contributed by atoms with van der Waals surface area (Å²) in [5.41, 5.74) is 6.62. The number of benzene rings is 1. The minimum Gasteiger partial charge on any atom is -0.329 e. The summed E-state index contributed by atoms with van der Waals surface area (Å²) in [5, 5.41) is 4.50. The average Bonchev–Trinajstić information content (AvgIpc) is 3.10. The number of carbonyl (C=O) groups is 1. The van der Waals surface area contributed by atoms with Crippen LogP contribution in [0, 0.1) is 20.8 Å². The van der Waals surface area contributed by atoms with Crippen LogP contribution in [-0.4, -0.2) is 25.1 Å². The number of hydrogen-bond acceptors (Lipinski definition) is 3. The molecule has 0 N–H and O–H groups in total. The number of rotatable bonds is 5. The summed E-state index contributed by atoms with van der Waals surface area (Å²) in [5.74, 6) is -0.140. The number of aromatic nitrogens is 4. The van der Waals surface area contributed by atoms with Gasteiger partial charge in [-0.3, -0.25) is 4.79 Å². The molecule has 0 unspecified atom stereocenters. The van der Waals surface area contributed by atoms with Crippen LogP contribution in [0.4, 0.5) is 0 Å². The summed E-state index contributed by atoms with van der Waals surface area (Å²) < 4.78 is 3.84. The third-order valence-corrected chi connectivity index (χ3v) is 5.23. The predicted molar refractivity (Wildman–Crippen MR) is 116 cm³/mol. The van der Waals surface area contributed by atoms with E-state index in [1.54, 1.807) is 0 Å². The van der Waals surface area contributed by atoms with Crippen molar-refractivity contribution in [3.63, 3.8) is 0 Å². The highest BCUT2D eigenvalue weighted by Gasteiger charge is 2.12. The van der Waals surface area contributed by atoms with Crippen LogP contribution < -0.4 is 5.49 Å². The number of carbonyl (C=O) groups excluding carboxylic acids is 1. The number of fused-ring (bicyclic) bond motifs is 1. The Bertz CT molecular complexity index is 1270. The van der Waals surface area contributed by atoms with Crippen molar-refractivity contribution < 1.29 is 4.79 Å². The second-order valence-corrected chi connectivity index (χ2v) is 7.49. The van der Waals surface area contributed by atoms with Crippen molar-refractivity contribution in [2.75, 3.05) is 0 Å². The predicted octanol–water partition coefficient (Wildman–Crippen LogP) is 3.56. The minimum atomic E-state index is -0.140. The summed E-state index contributed by atoms with van der Waals surface area (Å²) in [4.78, 5) is 21.7. The molecule has 0 saturated carbocycles. The summed E-state index contributed by atoms with van der Waals surface area (Å²) >= 11 is 0. The van der Waals surface area contributed by atoms with Gasteiger partial charge < -0.3 is 4.57 Å². The highest BCUT2D eigenvalue weighted by Crippen LogP contribution is 2.17. The smallest absolute Gasteiger partial charge is 0.247 e. The Morgan fingerprint density at radius 3 is 2.60 bits per heavy atom. The Balaban J connectivity index is 1.55. The largest absolute Gasteiger partial charge is 0.329 e. The Morgan fingerprint density at radius 2 is 1.80 bits per heavy atom. The summed E-state index contributed by atoms with van der Waals surface area (Å²) in [6.45, 7) is 6.63. The normalized spacial score (nSPS) is 11.9. The topological polar surface area (TPSA) is 64.5 Å². The molecule has 6 heteroatoms. The van der Waals surface area contributed by atoms with Crippen LogP contribution in [0.15, 0.2) is 65.8 Å². The zero-order valence-electron chi connectivity index (χ0n) is 17.5. The molecule has 0 saturated heterocycles. The average molecular weight is 399 g/mol. The Morgan fingerprint density at radius 1 is 1.03 bits per heavy atom. The Kier molecular flexibility index (Phi) is 5.57. The zero-order chi connectivity index (χ0) is 21.1. The quantitative estimate of drug-likeness (QED) is 0.515. The fourth-order valence-electron chi connectivity index (χ4n) is 3.70. The molecular weight excluding hydrogens is 374 g/mol. The third-order valence-electron chi connectivity index (χ3n) is 5.23. The summed E-state index contributed by atoms with van der Waals surface area (Å²) in [7, 11) is 0. The van der Waals surface area contributed by atoms with Gasteiger partial charge in [-0.1, -0.05) is 36.4 Å². The van der Waals surface area contributed by atoms with Crippen LogP contribution in [0.5, 0.6) is 0 Å². The van der Waals surface area contributed by atoms with Crippen LogP contribution in [0.1, 0.15) is 34.6 Å². The molecule has 0 spiro atoms. The molecule has 0 aliphatic heterocycles. The van der Waals surface area contributed by atoms with Gasteiger partial charge in [0.2, 0.25) is 5.91 Å². The molecule has 0 atom stereocenters. The molecule has 3 aromatic heterocycles. The first-order valence-corrected chi connectivity index (χ1v) is 10.1. The van der Waals surface area contributed by atoms with Crippen molar-refractivity contribution >= 4 is 11.6 Å². The standard InChI is InChI=1S/C24H25N5O/c1-17-15-23-25-18(2)21(19(3)29(23)27-17)12-13-24(30)26-22-11-7-8-14-28(22)16-20-9-5-4-6-10-20/h4-11,14-15H,12-13,16H2,1-3H3. The molecule has 0 bridgehead atoms. The number of nitrogens with zero attached hydrogens (tertiary/aromatic N) is 5. The van der Waals surface area contributed by atoms with Crippen LogP contribution in [0.25, 0.3) is 5.65 Å². The van der Waals surface area contributed by atoms with Gasteiger partial charge in [-0.25, -0.2) is 9.50 Å². The van der Waals surface area contributed by atoms with E-state index >= 15 is 0 Å². The third kappa shape index (κ3) is 4.22. The first-order chi connectivity index (χ1) is 14.5. The van der Waals surface area contributed by atoms with Crippen molar-refractivity contribution in [3.05, 3.63) is 94.5 Å². The van der Waals surface area contributed by atoms with Crippen LogP contribution >= 0.6 is 0 Å². The van der Waals surface area contributed by atoms with Crippen molar-refractivity contribution in [1.29, 1.82) is 0 Å². The van der Waals surface area contributed by atoms with Gasteiger partial charge >= 0.3 is 0 Å². The second kappa shape index (κ2) is 8.45. The van der Waals surface area contributed by atoms with Crippen molar-refractivity contribution in [2.45, 2.75) is 40.2 Å². The second-order valence-electron chi connectivity index (χ2n) is 7.49. The van der Waals surface area contributed by atoms with Gasteiger partial charge in [0, 0.05) is 36.6 Å². The molecular formula is C24H25N5O. The van der Waals surface area contributed by atoms with E-state index in [1.165, 1.54) is 0 Å². The van der Waals surface area contributed by atoms with E-state index in [9.17, 15) is 4.79 Å². The Labute approximate surface area is 175 Å². The molecule has 1 aromatic carbocycles. The minimum absolute atomic E-state index is 0.140. The van der Waals surface area contributed by atoms with Gasteiger partial charge in [0.25, 0.3) is 0 Å². The lowest BCUT2D eigenvalue weighted by Gasteiger charge is -2.10. The maximum atomic E-state index is 12.7. The van der Waals surface area contributed by atoms with E-state index in [1.807, 2.05) is 78.5 Å². The monoisotopic (exact) mass is 399 g/mol. The molecule has 0 fully saturated rings. The number of amides is 1. The molecule has 0 radical (unpaired) electrons. The molecule has 0 aliphatic carbocycles. The van der Waals surface area contributed by atoms with Gasteiger partial charge in [-0.15, -0.1) is 0 Å². The van der Waals surface area contributed by atoms with Gasteiger partial charge in [-0.05, 0) is 50.5 Å². The van der Waals surface area contributed by atoms with E-state index in [2.05, 4.69) is 27.2 Å². The molecule has 0 aliphatic rings. The van der Waals surface area contributed by atoms with Crippen LogP contribution in [-0.2, 0) is 17.8 Å². The lowest BCUT2D eigenvalue weighted by atomic mass is 10.1. The van der Waals surface area contributed by atoms with E-state index in [0.717, 1.165) is 33.9 Å². The number of hydrogen-bond donors (Lipinski definition) is 0. The van der Waals surface area contributed by atoms with Gasteiger partial charge in [0.15, 0.2) is 5.65 Å². The maximum absolute atomic E-state index is 12.7. The number of aryl methyl sites for hydroxylation is 3. The maximum Gasteiger partial charge on any atom is 0.247 e. The van der Waals surface area contributed by atoms with Crippen LogP contribution in [0.2, 0.25) is 0 Å². The highest BCUT2D eigenvalue weighted by atomic mass is 16.1. The number of pyridine rings is 1. The van der Waals surface area contributed by atoms with Crippen molar-refractivity contribution in [3.8, 4) is 0 Å². The molecule has 30 heavy (non-hydrogen) atoms. The SMILES string of the molecule is Cc1cc2nc(C)c(CCC(=O)N=c3ccccn3Cc3ccccc3)c(C)n2n1. The Hall–Kier alpha value is -3.54. The van der Waals surface area contributed by atoms with E-state index < -0.39 is 0 Å². The van der Waals surface area contributed by atoms with Crippen molar-refractivity contribution in [2.24, 2.45) is 4.99 Å². The molecule has 1 amide bonds. The molecule has 4 rings (SSSR count). The van der Waals surface area contributed by atoms with Crippen molar-refractivity contribution in [1.82, 2.24) is 19.2 Å². The summed E-state index contributed by atoms with van der Waals surface area (Å²) in [6, 6.07) is 17.8. The van der Waals surface area contributed by atoms with Gasteiger partial charge in [0.05, 0.1) is 5.69 Å². The van der Waals surface area contributed by atoms with E-state index in [0.29, 0.717) is 24.9 Å². The first-order valence-electron chi connectivity index (χ1n) is 10.1. The van der Waals surface area contributed by atoms with Gasteiger partial charge in [0.1, 0.15) is 5.49 Å². The van der Waals surface area contributed by atoms with Crippen LogP contribution in [0.3, 0.4) is 0 Å². The molecule has 6 nitrogen and oxygen atoms in total. The van der Waals surface area contributed by atoms with E-state index in [4.69, 9.17) is 0 Å². The molecule has 4 aromatic rings. The fraction of sp³-hybridized carbons (Fsp3) is 0.250. The molecule has 3 heterocycles. The fourth-order valence-corrected chi connectivity index (χ4v) is 3.70. The first kappa shape index (κ1) is 19.8. The highest BCUT2D eigenvalue weighted by molar-refractivity contribution is 5.77.